The highest BCUT2D eigenvalue weighted by Gasteiger charge is 2.34. The highest BCUT2D eigenvalue weighted by molar-refractivity contribution is 7.17. The molecule has 1 aliphatic heterocycles. The molecule has 1 N–H and O–H groups in total. The van der Waals surface area contributed by atoms with Crippen LogP contribution in [0.25, 0.3) is 4.96 Å². The fourth-order valence-corrected chi connectivity index (χ4v) is 5.15. The summed E-state index contributed by atoms with van der Waals surface area (Å²) in [7, 11) is 1.43. The number of ether oxygens (including phenoxy) is 1. The zero-order valence-corrected chi connectivity index (χ0v) is 17.2. The SMILES string of the molecule is COC(=O)C1CCN([C@H](c2cccc(Cl)c2)c2sc3nc(C)nn3c2O)CC1. The lowest BCUT2D eigenvalue weighted by Crippen LogP contribution is -2.39. The lowest BCUT2D eigenvalue weighted by atomic mass is 9.94. The number of nitrogens with zero attached hydrogens (tertiary/aromatic N) is 4. The van der Waals surface area contributed by atoms with Gasteiger partial charge in [0.05, 0.1) is 23.9 Å². The fourth-order valence-electron chi connectivity index (χ4n) is 3.79. The third-order valence-electron chi connectivity index (χ3n) is 5.15. The molecule has 0 spiro atoms. The van der Waals surface area contributed by atoms with Crippen LogP contribution in [0.15, 0.2) is 24.3 Å². The quantitative estimate of drug-likeness (QED) is 0.651. The molecule has 1 aliphatic rings. The number of aromatic hydroxyl groups is 1. The van der Waals surface area contributed by atoms with E-state index < -0.39 is 0 Å². The van der Waals surface area contributed by atoms with Gasteiger partial charge in [0.2, 0.25) is 10.8 Å². The van der Waals surface area contributed by atoms with Crippen LogP contribution in [0.2, 0.25) is 5.02 Å². The van der Waals surface area contributed by atoms with Crippen molar-refractivity contribution in [2.45, 2.75) is 25.8 Å². The van der Waals surface area contributed by atoms with Crippen LogP contribution in [-0.2, 0) is 9.53 Å². The van der Waals surface area contributed by atoms with Crippen LogP contribution < -0.4 is 0 Å². The molecule has 9 heteroatoms. The summed E-state index contributed by atoms with van der Waals surface area (Å²) in [5.74, 6) is 0.475. The number of aryl methyl sites for hydroxylation is 1. The molecule has 0 radical (unpaired) electrons. The van der Waals surface area contributed by atoms with Crippen LogP contribution in [0.3, 0.4) is 0 Å². The van der Waals surface area contributed by atoms with Crippen molar-refractivity contribution >= 4 is 33.9 Å². The molecule has 2 aromatic heterocycles. The molecule has 0 saturated carbocycles. The maximum absolute atomic E-state index is 11.9. The first-order valence-corrected chi connectivity index (χ1v) is 10.3. The fraction of sp³-hybridized carbons (Fsp3) is 0.421. The van der Waals surface area contributed by atoms with Crippen LogP contribution in [-0.4, -0.2) is 50.8 Å². The van der Waals surface area contributed by atoms with Gasteiger partial charge in [0, 0.05) is 5.02 Å². The highest BCUT2D eigenvalue weighted by Crippen LogP contribution is 2.41. The molecule has 1 saturated heterocycles. The molecule has 4 rings (SSSR count). The largest absolute Gasteiger partial charge is 0.492 e. The van der Waals surface area contributed by atoms with Gasteiger partial charge in [0.25, 0.3) is 0 Å². The normalized spacial score (nSPS) is 17.1. The molecule has 28 heavy (non-hydrogen) atoms. The number of esters is 1. The number of carbonyl (C=O) groups is 1. The van der Waals surface area contributed by atoms with Crippen LogP contribution in [0.4, 0.5) is 0 Å². The zero-order chi connectivity index (χ0) is 19.8. The van der Waals surface area contributed by atoms with Crippen LogP contribution in [0, 0.1) is 12.8 Å². The molecular formula is C19H21ClN4O3S. The minimum atomic E-state index is -0.189. The topological polar surface area (TPSA) is 80.0 Å². The van der Waals surface area contributed by atoms with Gasteiger partial charge in [-0.1, -0.05) is 35.1 Å². The summed E-state index contributed by atoms with van der Waals surface area (Å²) >= 11 is 7.67. The molecule has 7 nitrogen and oxygen atoms in total. The van der Waals surface area contributed by atoms with Crippen molar-refractivity contribution in [2.24, 2.45) is 5.92 Å². The monoisotopic (exact) mass is 420 g/mol. The predicted molar refractivity (Wildman–Crippen MR) is 107 cm³/mol. The lowest BCUT2D eigenvalue weighted by Gasteiger charge is -2.36. The van der Waals surface area contributed by atoms with Crippen LogP contribution in [0.1, 0.15) is 35.1 Å². The van der Waals surface area contributed by atoms with Gasteiger partial charge in [-0.3, -0.25) is 9.69 Å². The number of methoxy groups -OCH3 is 1. The minimum absolute atomic E-state index is 0.0835. The van der Waals surface area contributed by atoms with Crippen LogP contribution >= 0.6 is 22.9 Å². The Kier molecular flexibility index (Phi) is 5.27. The van der Waals surface area contributed by atoms with E-state index in [1.807, 2.05) is 24.3 Å². The number of carbonyl (C=O) groups excluding carboxylic acids is 1. The van der Waals surface area contributed by atoms with E-state index in [2.05, 4.69) is 15.0 Å². The van der Waals surface area contributed by atoms with Crippen molar-refractivity contribution in [2.75, 3.05) is 20.2 Å². The van der Waals surface area contributed by atoms with E-state index in [1.165, 1.54) is 23.0 Å². The summed E-state index contributed by atoms with van der Waals surface area (Å²) in [6.07, 6.45) is 1.43. The first-order valence-electron chi connectivity index (χ1n) is 9.10. The molecule has 1 fully saturated rings. The van der Waals surface area contributed by atoms with E-state index in [0.717, 1.165) is 10.4 Å². The van der Waals surface area contributed by atoms with Gasteiger partial charge < -0.3 is 9.84 Å². The van der Waals surface area contributed by atoms with Gasteiger partial charge in [0.1, 0.15) is 5.82 Å². The van der Waals surface area contributed by atoms with Gasteiger partial charge in [-0.05, 0) is 50.6 Å². The Balaban J connectivity index is 1.71. The zero-order valence-electron chi connectivity index (χ0n) is 15.6. The molecule has 1 aromatic carbocycles. The maximum atomic E-state index is 11.9. The Labute approximate surface area is 171 Å². The number of halogens is 1. The van der Waals surface area contributed by atoms with Crippen LogP contribution in [0.5, 0.6) is 5.88 Å². The number of piperidine rings is 1. The van der Waals surface area contributed by atoms with Crippen molar-refractivity contribution in [1.82, 2.24) is 19.5 Å². The first kappa shape index (κ1) is 19.2. The number of fused-ring (bicyclic) bond motifs is 1. The average Bonchev–Trinajstić information content (AvgIpc) is 3.19. The number of likely N-dealkylation sites (tertiary alicyclic amines) is 1. The van der Waals surface area contributed by atoms with Gasteiger partial charge in [-0.2, -0.15) is 4.52 Å². The van der Waals surface area contributed by atoms with E-state index >= 15 is 0 Å². The molecule has 3 aromatic rings. The number of rotatable bonds is 4. The Morgan fingerprint density at radius 1 is 1.39 bits per heavy atom. The predicted octanol–water partition coefficient (Wildman–Crippen LogP) is 3.43. The molecule has 3 heterocycles. The Morgan fingerprint density at radius 2 is 2.14 bits per heavy atom. The van der Waals surface area contributed by atoms with E-state index in [0.29, 0.717) is 41.7 Å². The second kappa shape index (κ2) is 7.69. The third-order valence-corrected chi connectivity index (χ3v) is 6.46. The van der Waals surface area contributed by atoms with Crippen molar-refractivity contribution in [3.8, 4) is 5.88 Å². The molecule has 0 unspecified atom stereocenters. The maximum Gasteiger partial charge on any atom is 0.308 e. The van der Waals surface area contributed by atoms with Gasteiger partial charge in [-0.25, -0.2) is 4.98 Å². The van der Waals surface area contributed by atoms with Gasteiger partial charge in [-0.15, -0.1) is 5.10 Å². The first-order chi connectivity index (χ1) is 13.5. The summed E-state index contributed by atoms with van der Waals surface area (Å²) in [6.45, 7) is 3.22. The van der Waals surface area contributed by atoms with Crippen molar-refractivity contribution in [3.63, 3.8) is 0 Å². The summed E-state index contributed by atoms with van der Waals surface area (Å²) in [6, 6.07) is 7.47. The molecule has 0 aliphatic carbocycles. The van der Waals surface area contributed by atoms with Gasteiger partial charge in [0.15, 0.2) is 0 Å². The average molecular weight is 421 g/mol. The summed E-state index contributed by atoms with van der Waals surface area (Å²) in [5.41, 5.74) is 0.987. The number of hydrogen-bond acceptors (Lipinski definition) is 7. The molecule has 148 valence electrons. The highest BCUT2D eigenvalue weighted by atomic mass is 35.5. The Morgan fingerprint density at radius 3 is 2.79 bits per heavy atom. The van der Waals surface area contributed by atoms with Crippen molar-refractivity contribution in [3.05, 3.63) is 45.6 Å². The smallest absolute Gasteiger partial charge is 0.308 e. The molecular weight excluding hydrogens is 400 g/mol. The second-order valence-electron chi connectivity index (χ2n) is 6.93. The number of aromatic nitrogens is 3. The van der Waals surface area contributed by atoms with Gasteiger partial charge >= 0.3 is 5.97 Å². The third kappa shape index (κ3) is 3.47. The lowest BCUT2D eigenvalue weighted by molar-refractivity contribution is -0.147. The van der Waals surface area contributed by atoms with E-state index in [9.17, 15) is 9.90 Å². The molecule has 0 amide bonds. The second-order valence-corrected chi connectivity index (χ2v) is 8.38. The van der Waals surface area contributed by atoms with Crippen molar-refractivity contribution in [1.29, 1.82) is 0 Å². The molecule has 1 atom stereocenters. The number of benzene rings is 1. The number of thiazole rings is 1. The van der Waals surface area contributed by atoms with E-state index in [-0.39, 0.29) is 23.8 Å². The summed E-state index contributed by atoms with van der Waals surface area (Å²) in [5, 5.41) is 15.8. The molecule has 0 bridgehead atoms. The van der Waals surface area contributed by atoms with E-state index in [1.54, 1.807) is 6.92 Å². The number of hydrogen-bond donors (Lipinski definition) is 1. The van der Waals surface area contributed by atoms with Crippen molar-refractivity contribution < 1.29 is 14.6 Å². The Hall–Kier alpha value is -2.16. The Bertz CT molecular complexity index is 1010. The summed E-state index contributed by atoms with van der Waals surface area (Å²) in [4.78, 5) is 20.0. The standard InChI is InChI=1S/C19H21ClN4O3S/c1-11-21-19-24(22-11)17(25)16(28-19)15(13-4-3-5-14(20)10-13)23-8-6-12(7-9-23)18(26)27-2/h3-5,10,12,15,25H,6-9H2,1-2H3/t15-/m1/s1. The summed E-state index contributed by atoms with van der Waals surface area (Å²) < 4.78 is 6.38. The van der Waals surface area contributed by atoms with E-state index in [4.69, 9.17) is 16.3 Å². The minimum Gasteiger partial charge on any atom is -0.492 e.